The Morgan fingerprint density at radius 3 is 3.15 bits per heavy atom. The highest BCUT2D eigenvalue weighted by molar-refractivity contribution is 7.18. The molecule has 106 valence electrons. The average Bonchev–Trinajstić information content (AvgIpc) is 3.07. The summed E-state index contributed by atoms with van der Waals surface area (Å²) in [5.74, 6) is 0.678. The van der Waals surface area contributed by atoms with Gasteiger partial charge in [-0.25, -0.2) is 4.98 Å². The summed E-state index contributed by atoms with van der Waals surface area (Å²) < 4.78 is 1.21. The molecule has 1 saturated heterocycles. The lowest BCUT2D eigenvalue weighted by atomic mass is 10.0. The molecule has 1 aliphatic heterocycles. The second kappa shape index (κ2) is 6.33. The summed E-state index contributed by atoms with van der Waals surface area (Å²) in [6.45, 7) is 2.70. The summed E-state index contributed by atoms with van der Waals surface area (Å²) in [6.07, 6.45) is 2.58. The Morgan fingerprint density at radius 1 is 1.45 bits per heavy atom. The molecule has 1 amide bonds. The predicted molar refractivity (Wildman–Crippen MR) is 81.9 cm³/mol. The smallest absolute Gasteiger partial charge is 0.220 e. The van der Waals surface area contributed by atoms with Crippen molar-refractivity contribution >= 4 is 27.5 Å². The number of amides is 1. The van der Waals surface area contributed by atoms with Crippen molar-refractivity contribution in [3.8, 4) is 0 Å². The third-order valence-corrected chi connectivity index (χ3v) is 4.73. The molecule has 0 radical (unpaired) electrons. The molecule has 2 heterocycles. The van der Waals surface area contributed by atoms with Crippen LogP contribution in [0.3, 0.4) is 0 Å². The molecule has 20 heavy (non-hydrogen) atoms. The number of hydrogen-bond acceptors (Lipinski definition) is 4. The summed E-state index contributed by atoms with van der Waals surface area (Å²) in [4.78, 5) is 16.4. The molecule has 0 saturated carbocycles. The number of rotatable bonds is 5. The van der Waals surface area contributed by atoms with Gasteiger partial charge < -0.3 is 10.6 Å². The van der Waals surface area contributed by atoms with E-state index in [0.29, 0.717) is 18.9 Å². The van der Waals surface area contributed by atoms with Crippen LogP contribution in [0.15, 0.2) is 24.3 Å². The zero-order chi connectivity index (χ0) is 13.8. The highest BCUT2D eigenvalue weighted by Crippen LogP contribution is 2.21. The zero-order valence-corrected chi connectivity index (χ0v) is 12.2. The van der Waals surface area contributed by atoms with Gasteiger partial charge in [0, 0.05) is 19.4 Å². The van der Waals surface area contributed by atoms with Gasteiger partial charge in [0.25, 0.3) is 0 Å². The lowest BCUT2D eigenvalue weighted by Crippen LogP contribution is -2.28. The molecular weight excluding hydrogens is 270 g/mol. The summed E-state index contributed by atoms with van der Waals surface area (Å²) in [5.41, 5.74) is 1.05. The van der Waals surface area contributed by atoms with E-state index in [-0.39, 0.29) is 5.91 Å². The van der Waals surface area contributed by atoms with Gasteiger partial charge in [0.15, 0.2) is 0 Å². The lowest BCUT2D eigenvalue weighted by molar-refractivity contribution is -0.121. The van der Waals surface area contributed by atoms with E-state index in [1.807, 2.05) is 18.2 Å². The van der Waals surface area contributed by atoms with E-state index in [1.165, 1.54) is 4.70 Å². The van der Waals surface area contributed by atoms with E-state index < -0.39 is 0 Å². The van der Waals surface area contributed by atoms with Crippen molar-refractivity contribution in [1.82, 2.24) is 15.6 Å². The first kappa shape index (κ1) is 13.5. The van der Waals surface area contributed by atoms with Crippen LogP contribution in [0, 0.1) is 5.92 Å². The minimum atomic E-state index is 0.166. The van der Waals surface area contributed by atoms with Crippen molar-refractivity contribution in [2.24, 2.45) is 5.92 Å². The van der Waals surface area contributed by atoms with Crippen LogP contribution >= 0.6 is 11.3 Å². The van der Waals surface area contributed by atoms with E-state index in [0.717, 1.165) is 36.5 Å². The Balaban J connectivity index is 1.45. The van der Waals surface area contributed by atoms with Gasteiger partial charge in [-0.2, -0.15) is 0 Å². The van der Waals surface area contributed by atoms with E-state index in [9.17, 15) is 4.79 Å². The third-order valence-electron chi connectivity index (χ3n) is 3.64. The fourth-order valence-corrected chi connectivity index (χ4v) is 3.53. The second-order valence-electron chi connectivity index (χ2n) is 5.24. The molecule has 0 bridgehead atoms. The van der Waals surface area contributed by atoms with Gasteiger partial charge in [0.2, 0.25) is 5.91 Å². The van der Waals surface area contributed by atoms with Crippen LogP contribution in [0.25, 0.3) is 10.2 Å². The van der Waals surface area contributed by atoms with Gasteiger partial charge in [0.05, 0.1) is 15.2 Å². The second-order valence-corrected chi connectivity index (χ2v) is 6.35. The maximum absolute atomic E-state index is 11.8. The van der Waals surface area contributed by atoms with Crippen LogP contribution in [0.1, 0.15) is 17.8 Å². The monoisotopic (exact) mass is 289 g/mol. The van der Waals surface area contributed by atoms with Crippen molar-refractivity contribution in [3.63, 3.8) is 0 Å². The number of fused-ring (bicyclic) bond motifs is 1. The van der Waals surface area contributed by atoms with Crippen LogP contribution in [0.4, 0.5) is 0 Å². The Bertz CT molecular complexity index is 557. The molecule has 4 nitrogen and oxygen atoms in total. The number of benzene rings is 1. The number of nitrogens with one attached hydrogen (secondary N) is 2. The molecule has 3 rings (SSSR count). The van der Waals surface area contributed by atoms with Crippen molar-refractivity contribution in [3.05, 3.63) is 29.3 Å². The summed E-state index contributed by atoms with van der Waals surface area (Å²) in [5, 5.41) is 7.38. The number of aromatic nitrogens is 1. The van der Waals surface area contributed by atoms with Crippen LogP contribution in [0.5, 0.6) is 0 Å². The molecule has 5 heteroatoms. The number of nitrogens with zero attached hydrogens (tertiary/aromatic N) is 1. The van der Waals surface area contributed by atoms with Gasteiger partial charge in [0.1, 0.15) is 0 Å². The van der Waals surface area contributed by atoms with Gasteiger partial charge in [-0.3, -0.25) is 4.79 Å². The number of carbonyl (C=O) groups is 1. The van der Waals surface area contributed by atoms with Gasteiger partial charge in [-0.15, -0.1) is 11.3 Å². The highest BCUT2D eigenvalue weighted by Gasteiger charge is 2.17. The van der Waals surface area contributed by atoms with Crippen molar-refractivity contribution < 1.29 is 4.79 Å². The average molecular weight is 289 g/mol. The van der Waals surface area contributed by atoms with Gasteiger partial charge >= 0.3 is 0 Å². The van der Waals surface area contributed by atoms with Crippen LogP contribution < -0.4 is 10.6 Å². The molecule has 1 unspecified atom stereocenters. The first-order valence-electron chi connectivity index (χ1n) is 7.13. The first-order chi connectivity index (χ1) is 9.81. The topological polar surface area (TPSA) is 54.0 Å². The molecule has 1 aromatic heterocycles. The van der Waals surface area contributed by atoms with Crippen LogP contribution in [0.2, 0.25) is 0 Å². The normalized spacial score (nSPS) is 18.5. The summed E-state index contributed by atoms with van der Waals surface area (Å²) >= 11 is 1.71. The van der Waals surface area contributed by atoms with Crippen LogP contribution in [-0.4, -0.2) is 30.5 Å². The number of thiazole rings is 1. The van der Waals surface area contributed by atoms with Crippen molar-refractivity contribution in [2.75, 3.05) is 19.6 Å². The third kappa shape index (κ3) is 3.35. The molecule has 2 N–H and O–H groups in total. The molecule has 1 atom stereocenters. The molecule has 0 aliphatic carbocycles. The zero-order valence-electron chi connectivity index (χ0n) is 11.4. The van der Waals surface area contributed by atoms with Crippen molar-refractivity contribution in [2.45, 2.75) is 19.3 Å². The van der Waals surface area contributed by atoms with Crippen LogP contribution in [-0.2, 0) is 11.2 Å². The molecule has 1 aromatic carbocycles. The Kier molecular flexibility index (Phi) is 4.28. The number of para-hydroxylation sites is 1. The Hall–Kier alpha value is -1.46. The molecule has 0 spiro atoms. The molecule has 1 fully saturated rings. The molecule has 1 aliphatic rings. The van der Waals surface area contributed by atoms with E-state index >= 15 is 0 Å². The fraction of sp³-hybridized carbons (Fsp3) is 0.467. The quantitative estimate of drug-likeness (QED) is 0.884. The van der Waals surface area contributed by atoms with E-state index in [2.05, 4.69) is 21.7 Å². The SMILES string of the molecule is O=C(CC1CCNC1)NCCc1nc2ccccc2s1. The Labute approximate surface area is 122 Å². The maximum atomic E-state index is 11.8. The predicted octanol–water partition coefficient (Wildman–Crippen LogP) is 1.95. The first-order valence-corrected chi connectivity index (χ1v) is 7.95. The molecule has 2 aromatic rings. The minimum Gasteiger partial charge on any atom is -0.356 e. The maximum Gasteiger partial charge on any atom is 0.220 e. The summed E-state index contributed by atoms with van der Waals surface area (Å²) in [6, 6.07) is 8.15. The van der Waals surface area contributed by atoms with E-state index in [1.54, 1.807) is 11.3 Å². The molecular formula is C15H19N3OS. The number of hydrogen-bond donors (Lipinski definition) is 2. The fourth-order valence-electron chi connectivity index (χ4n) is 2.56. The standard InChI is InChI=1S/C15H19N3OS/c19-14(9-11-5-7-16-10-11)17-8-6-15-18-12-3-1-2-4-13(12)20-15/h1-4,11,16H,5-10H2,(H,17,19). The number of carbonyl (C=O) groups excluding carboxylic acids is 1. The Morgan fingerprint density at radius 2 is 2.35 bits per heavy atom. The van der Waals surface area contributed by atoms with Gasteiger partial charge in [-0.1, -0.05) is 12.1 Å². The minimum absolute atomic E-state index is 0.166. The van der Waals surface area contributed by atoms with Crippen molar-refractivity contribution in [1.29, 1.82) is 0 Å². The van der Waals surface area contributed by atoms with E-state index in [4.69, 9.17) is 0 Å². The highest BCUT2D eigenvalue weighted by atomic mass is 32.1. The summed E-state index contributed by atoms with van der Waals surface area (Å²) in [7, 11) is 0. The largest absolute Gasteiger partial charge is 0.356 e. The van der Waals surface area contributed by atoms with Gasteiger partial charge in [-0.05, 0) is 37.6 Å². The lowest BCUT2D eigenvalue weighted by Gasteiger charge is -2.08.